The van der Waals surface area contributed by atoms with Gasteiger partial charge in [-0.25, -0.2) is 0 Å². The minimum absolute atomic E-state index is 0.221. The molecule has 1 aromatic carbocycles. The lowest BCUT2D eigenvalue weighted by atomic mass is 10.0. The Morgan fingerprint density at radius 2 is 1.95 bits per heavy atom. The molecule has 0 radical (unpaired) electrons. The number of alkyl halides is 3. The first-order valence-electron chi connectivity index (χ1n) is 6.30. The molecule has 0 aliphatic heterocycles. The van der Waals surface area contributed by atoms with Gasteiger partial charge in [0.25, 0.3) is 0 Å². The highest BCUT2D eigenvalue weighted by Crippen LogP contribution is 2.32. The molecule has 0 heterocycles. The Labute approximate surface area is 116 Å². The number of hydrogen-bond acceptors (Lipinski definition) is 2. The van der Waals surface area contributed by atoms with Gasteiger partial charge in [0, 0.05) is 17.0 Å². The number of aryl methyl sites for hydroxylation is 1. The summed E-state index contributed by atoms with van der Waals surface area (Å²) in [5.74, 6) is 0.723. The number of rotatable bonds is 5. The van der Waals surface area contributed by atoms with Crippen LogP contribution in [0.4, 0.5) is 13.2 Å². The molecule has 108 valence electrons. The van der Waals surface area contributed by atoms with Crippen molar-refractivity contribution in [3.63, 3.8) is 0 Å². The zero-order valence-electron chi connectivity index (χ0n) is 11.4. The Bertz CT molecular complexity index is 418. The molecule has 1 nitrogen and oxygen atoms in total. The van der Waals surface area contributed by atoms with Crippen molar-refractivity contribution in [2.75, 3.05) is 5.75 Å². The molecule has 0 saturated heterocycles. The molecule has 0 fully saturated rings. The molecule has 0 spiro atoms. The van der Waals surface area contributed by atoms with Gasteiger partial charge in [-0.3, -0.25) is 0 Å². The molecule has 5 heteroatoms. The molecule has 2 N–H and O–H groups in total. The molecular weight excluding hydrogens is 271 g/mol. The van der Waals surface area contributed by atoms with Gasteiger partial charge in [-0.15, -0.1) is 0 Å². The van der Waals surface area contributed by atoms with Crippen molar-refractivity contribution in [1.82, 2.24) is 0 Å². The summed E-state index contributed by atoms with van der Waals surface area (Å²) in [6, 6.07) is 3.56. The molecule has 1 rings (SSSR count). The number of hydrogen-bond donors (Lipinski definition) is 1. The minimum Gasteiger partial charge on any atom is -0.323 e. The standard InChI is InChI=1S/C14H20F3NS/c1-4-10(3)19-8-13(18)12-6-5-11(7-9(12)2)14(15,16)17/h5-7,10,13H,4,8,18H2,1-3H3. The third kappa shape index (κ3) is 4.73. The van der Waals surface area contributed by atoms with Crippen LogP contribution in [0.3, 0.4) is 0 Å². The Balaban J connectivity index is 2.79. The second kappa shape index (κ2) is 6.66. The average molecular weight is 291 g/mol. The average Bonchev–Trinajstić information content (AvgIpc) is 2.34. The van der Waals surface area contributed by atoms with E-state index in [-0.39, 0.29) is 6.04 Å². The van der Waals surface area contributed by atoms with Gasteiger partial charge in [0.15, 0.2) is 0 Å². The minimum atomic E-state index is -4.29. The Hall–Kier alpha value is -0.680. The van der Waals surface area contributed by atoms with Crippen LogP contribution in [0.1, 0.15) is 43.0 Å². The number of halogens is 3. The monoisotopic (exact) mass is 291 g/mol. The molecule has 0 bridgehead atoms. The Morgan fingerprint density at radius 1 is 1.32 bits per heavy atom. The molecule has 19 heavy (non-hydrogen) atoms. The van der Waals surface area contributed by atoms with Crippen LogP contribution in [0.5, 0.6) is 0 Å². The van der Waals surface area contributed by atoms with Crippen LogP contribution in [0.2, 0.25) is 0 Å². The van der Waals surface area contributed by atoms with E-state index < -0.39 is 11.7 Å². The van der Waals surface area contributed by atoms with E-state index in [2.05, 4.69) is 13.8 Å². The highest BCUT2D eigenvalue weighted by atomic mass is 32.2. The van der Waals surface area contributed by atoms with Gasteiger partial charge < -0.3 is 5.73 Å². The predicted octanol–water partition coefficient (Wildman–Crippen LogP) is 4.55. The first kappa shape index (κ1) is 16.4. The molecule has 0 aliphatic carbocycles. The van der Waals surface area contributed by atoms with E-state index >= 15 is 0 Å². The van der Waals surface area contributed by atoms with Gasteiger partial charge in [-0.1, -0.05) is 19.9 Å². The fraction of sp³-hybridized carbons (Fsp3) is 0.571. The third-order valence-corrected chi connectivity index (χ3v) is 4.59. The van der Waals surface area contributed by atoms with Gasteiger partial charge in [0.05, 0.1) is 5.56 Å². The molecule has 0 amide bonds. The van der Waals surface area contributed by atoms with Crippen LogP contribution >= 0.6 is 11.8 Å². The van der Waals surface area contributed by atoms with Crippen LogP contribution in [0, 0.1) is 6.92 Å². The maximum atomic E-state index is 12.6. The van der Waals surface area contributed by atoms with E-state index in [4.69, 9.17) is 5.73 Å². The van der Waals surface area contributed by atoms with Crippen molar-refractivity contribution in [1.29, 1.82) is 0 Å². The highest BCUT2D eigenvalue weighted by Gasteiger charge is 2.30. The molecule has 2 atom stereocenters. The summed E-state index contributed by atoms with van der Waals surface area (Å²) >= 11 is 1.75. The molecule has 0 saturated carbocycles. The van der Waals surface area contributed by atoms with Gasteiger partial charge >= 0.3 is 6.18 Å². The maximum Gasteiger partial charge on any atom is 0.416 e. The Kier molecular flexibility index (Phi) is 5.74. The second-order valence-electron chi connectivity index (χ2n) is 4.73. The summed E-state index contributed by atoms with van der Waals surface area (Å²) < 4.78 is 37.7. The summed E-state index contributed by atoms with van der Waals surface area (Å²) in [7, 11) is 0. The summed E-state index contributed by atoms with van der Waals surface area (Å²) in [6.45, 7) is 5.90. The summed E-state index contributed by atoms with van der Waals surface area (Å²) in [5, 5.41) is 0.515. The van der Waals surface area contributed by atoms with E-state index in [9.17, 15) is 13.2 Å². The fourth-order valence-corrected chi connectivity index (χ4v) is 2.69. The van der Waals surface area contributed by atoms with E-state index in [1.54, 1.807) is 18.7 Å². The quantitative estimate of drug-likeness (QED) is 0.861. The molecular formula is C14H20F3NS. The zero-order chi connectivity index (χ0) is 14.6. The molecule has 0 aliphatic rings. The predicted molar refractivity (Wildman–Crippen MR) is 75.3 cm³/mol. The van der Waals surface area contributed by atoms with Gasteiger partial charge in [-0.05, 0) is 36.6 Å². The largest absolute Gasteiger partial charge is 0.416 e. The van der Waals surface area contributed by atoms with Crippen molar-refractivity contribution in [3.8, 4) is 0 Å². The lowest BCUT2D eigenvalue weighted by molar-refractivity contribution is -0.137. The highest BCUT2D eigenvalue weighted by molar-refractivity contribution is 7.99. The van der Waals surface area contributed by atoms with Crippen LogP contribution < -0.4 is 5.73 Å². The van der Waals surface area contributed by atoms with E-state index in [0.717, 1.165) is 23.8 Å². The maximum absolute atomic E-state index is 12.6. The van der Waals surface area contributed by atoms with Crippen molar-refractivity contribution in [3.05, 3.63) is 34.9 Å². The van der Waals surface area contributed by atoms with Gasteiger partial charge in [0.1, 0.15) is 0 Å². The van der Waals surface area contributed by atoms with Crippen molar-refractivity contribution >= 4 is 11.8 Å². The van der Waals surface area contributed by atoms with Crippen LogP contribution in [-0.4, -0.2) is 11.0 Å². The topological polar surface area (TPSA) is 26.0 Å². The molecule has 1 aromatic rings. The van der Waals surface area contributed by atoms with Gasteiger partial charge in [-0.2, -0.15) is 24.9 Å². The second-order valence-corrected chi connectivity index (χ2v) is 6.20. The first-order chi connectivity index (χ1) is 8.75. The van der Waals surface area contributed by atoms with Crippen molar-refractivity contribution < 1.29 is 13.2 Å². The van der Waals surface area contributed by atoms with E-state index in [0.29, 0.717) is 10.8 Å². The number of benzene rings is 1. The number of nitrogens with two attached hydrogens (primary N) is 1. The lowest BCUT2D eigenvalue weighted by Crippen LogP contribution is -2.16. The van der Waals surface area contributed by atoms with Crippen molar-refractivity contribution in [2.45, 2.75) is 44.7 Å². The summed E-state index contributed by atoms with van der Waals surface area (Å²) in [5.41, 5.74) is 6.84. The van der Waals surface area contributed by atoms with E-state index in [1.807, 2.05) is 0 Å². The van der Waals surface area contributed by atoms with E-state index in [1.165, 1.54) is 12.1 Å². The molecule has 0 aromatic heterocycles. The molecule has 2 unspecified atom stereocenters. The summed E-state index contributed by atoms with van der Waals surface area (Å²) in [6.07, 6.45) is -3.23. The van der Waals surface area contributed by atoms with Crippen LogP contribution in [0.25, 0.3) is 0 Å². The fourth-order valence-electron chi connectivity index (χ4n) is 1.74. The van der Waals surface area contributed by atoms with Gasteiger partial charge in [0.2, 0.25) is 0 Å². The van der Waals surface area contributed by atoms with Crippen LogP contribution in [0.15, 0.2) is 18.2 Å². The zero-order valence-corrected chi connectivity index (χ0v) is 12.2. The normalized spacial score (nSPS) is 15.3. The smallest absolute Gasteiger partial charge is 0.323 e. The lowest BCUT2D eigenvalue weighted by Gasteiger charge is -2.18. The first-order valence-corrected chi connectivity index (χ1v) is 7.35. The van der Waals surface area contributed by atoms with Crippen molar-refractivity contribution in [2.24, 2.45) is 5.73 Å². The Morgan fingerprint density at radius 3 is 2.42 bits per heavy atom. The van der Waals surface area contributed by atoms with Crippen LogP contribution in [-0.2, 0) is 6.18 Å². The SMILES string of the molecule is CCC(C)SCC(N)c1ccc(C(F)(F)F)cc1C. The third-order valence-electron chi connectivity index (χ3n) is 3.13. The summed E-state index contributed by atoms with van der Waals surface area (Å²) in [4.78, 5) is 0. The number of thioether (sulfide) groups is 1.